The van der Waals surface area contributed by atoms with Crippen LogP contribution in [-0.4, -0.2) is 26.5 Å². The molecule has 0 heterocycles. The van der Waals surface area contributed by atoms with Crippen LogP contribution in [0.1, 0.15) is 5.56 Å². The molecule has 1 aromatic rings. The highest BCUT2D eigenvalue weighted by Gasteiger charge is 2.08. The third kappa shape index (κ3) is 3.53. The lowest BCUT2D eigenvalue weighted by molar-refractivity contribution is 0.249. The molecule has 0 bridgehead atoms. The van der Waals surface area contributed by atoms with Gasteiger partial charge in [0.2, 0.25) is 0 Å². The van der Waals surface area contributed by atoms with Crippen molar-refractivity contribution in [2.45, 2.75) is 0 Å². The molecule has 17 heavy (non-hydrogen) atoms. The van der Waals surface area contributed by atoms with Gasteiger partial charge in [-0.2, -0.15) is 5.10 Å². The number of carbonyl (C=O) groups excluding carboxylic acids is 1. The second kappa shape index (κ2) is 5.95. The molecule has 1 aromatic carbocycles. The Kier molecular flexibility index (Phi) is 4.59. The zero-order valence-electron chi connectivity index (χ0n) is 9.36. The van der Waals surface area contributed by atoms with E-state index in [9.17, 15) is 4.79 Å². The molecule has 92 valence electrons. The molecule has 6 nitrogen and oxygen atoms in total. The minimum atomic E-state index is -0.752. The molecule has 0 fully saturated rings. The first-order chi connectivity index (χ1) is 8.08. The summed E-state index contributed by atoms with van der Waals surface area (Å²) < 4.78 is 10.2. The smallest absolute Gasteiger partial charge is 0.332 e. The van der Waals surface area contributed by atoms with E-state index in [2.05, 4.69) is 10.5 Å². The molecule has 0 aliphatic carbocycles. The van der Waals surface area contributed by atoms with Gasteiger partial charge in [0, 0.05) is 11.6 Å². The standard InChI is InChI=1S/C10H12ClN3O3/c1-16-8-3-6(5-13-14-10(12)15)7(11)4-9(8)17-2/h3-5H,1-2H3,(H3,12,14,15)/b13-5+. The van der Waals surface area contributed by atoms with Crippen LogP contribution in [0.2, 0.25) is 5.02 Å². The maximum atomic E-state index is 10.4. The predicted molar refractivity (Wildman–Crippen MR) is 64.9 cm³/mol. The van der Waals surface area contributed by atoms with Crippen molar-refractivity contribution in [2.24, 2.45) is 10.8 Å². The van der Waals surface area contributed by atoms with Crippen LogP contribution in [0.3, 0.4) is 0 Å². The number of benzene rings is 1. The Hall–Kier alpha value is -1.95. The van der Waals surface area contributed by atoms with E-state index >= 15 is 0 Å². The Balaban J connectivity index is 3.00. The van der Waals surface area contributed by atoms with Gasteiger partial charge in [0.1, 0.15) is 0 Å². The Morgan fingerprint density at radius 2 is 2.00 bits per heavy atom. The monoisotopic (exact) mass is 257 g/mol. The number of hydrogen-bond donors (Lipinski definition) is 2. The Bertz CT molecular complexity index is 449. The van der Waals surface area contributed by atoms with Crippen LogP contribution in [0.15, 0.2) is 17.2 Å². The summed E-state index contributed by atoms with van der Waals surface area (Å²) in [5, 5.41) is 4.02. The maximum Gasteiger partial charge on any atom is 0.332 e. The molecule has 0 aromatic heterocycles. The number of nitrogens with one attached hydrogen (secondary N) is 1. The number of nitrogens with zero attached hydrogens (tertiary/aromatic N) is 1. The molecule has 7 heteroatoms. The van der Waals surface area contributed by atoms with Gasteiger partial charge in [0.05, 0.1) is 25.5 Å². The number of halogens is 1. The fraction of sp³-hybridized carbons (Fsp3) is 0.200. The average molecular weight is 258 g/mol. The number of rotatable bonds is 4. The highest BCUT2D eigenvalue weighted by Crippen LogP contribution is 2.32. The van der Waals surface area contributed by atoms with Crippen molar-refractivity contribution < 1.29 is 14.3 Å². The van der Waals surface area contributed by atoms with Crippen LogP contribution in [0.25, 0.3) is 0 Å². The molecule has 0 aliphatic rings. The van der Waals surface area contributed by atoms with Crippen LogP contribution in [0, 0.1) is 0 Å². The van der Waals surface area contributed by atoms with Gasteiger partial charge in [-0.1, -0.05) is 11.6 Å². The number of urea groups is 1. The highest BCUT2D eigenvalue weighted by atomic mass is 35.5. The quantitative estimate of drug-likeness (QED) is 0.631. The highest BCUT2D eigenvalue weighted by molar-refractivity contribution is 6.33. The summed E-state index contributed by atoms with van der Waals surface area (Å²) in [5.41, 5.74) is 7.49. The van der Waals surface area contributed by atoms with E-state index in [4.69, 9.17) is 26.8 Å². The Morgan fingerprint density at radius 1 is 1.41 bits per heavy atom. The molecule has 0 aliphatic heterocycles. The summed E-state index contributed by atoms with van der Waals surface area (Å²) in [4.78, 5) is 10.4. The van der Waals surface area contributed by atoms with Gasteiger partial charge in [-0.15, -0.1) is 0 Å². The van der Waals surface area contributed by atoms with Crippen molar-refractivity contribution in [3.8, 4) is 11.5 Å². The van der Waals surface area contributed by atoms with Crippen molar-refractivity contribution >= 4 is 23.8 Å². The number of amides is 2. The lowest BCUT2D eigenvalue weighted by Gasteiger charge is -2.09. The van der Waals surface area contributed by atoms with E-state index in [-0.39, 0.29) is 0 Å². The molecule has 0 unspecified atom stereocenters. The maximum absolute atomic E-state index is 10.4. The molecule has 0 saturated carbocycles. The lowest BCUT2D eigenvalue weighted by atomic mass is 10.2. The van der Waals surface area contributed by atoms with Crippen LogP contribution >= 0.6 is 11.6 Å². The zero-order valence-corrected chi connectivity index (χ0v) is 10.1. The largest absolute Gasteiger partial charge is 0.493 e. The molecular formula is C10H12ClN3O3. The topological polar surface area (TPSA) is 85.9 Å². The predicted octanol–water partition coefficient (Wildman–Crippen LogP) is 1.36. The van der Waals surface area contributed by atoms with E-state index in [1.165, 1.54) is 20.4 Å². The number of hydrogen-bond acceptors (Lipinski definition) is 4. The third-order valence-electron chi connectivity index (χ3n) is 1.88. The Morgan fingerprint density at radius 3 is 2.53 bits per heavy atom. The van der Waals surface area contributed by atoms with E-state index < -0.39 is 6.03 Å². The molecular weight excluding hydrogens is 246 g/mol. The van der Waals surface area contributed by atoms with Gasteiger partial charge in [0.25, 0.3) is 0 Å². The van der Waals surface area contributed by atoms with Gasteiger partial charge in [-0.25, -0.2) is 10.2 Å². The number of methoxy groups -OCH3 is 2. The summed E-state index contributed by atoms with van der Waals surface area (Å²) in [5.74, 6) is 1.02. The summed E-state index contributed by atoms with van der Waals surface area (Å²) in [6.07, 6.45) is 1.36. The summed E-state index contributed by atoms with van der Waals surface area (Å²) in [6.45, 7) is 0. The van der Waals surface area contributed by atoms with Crippen molar-refractivity contribution in [2.75, 3.05) is 14.2 Å². The second-order valence-corrected chi connectivity index (χ2v) is 3.37. The molecule has 0 radical (unpaired) electrons. The number of primary amides is 1. The summed E-state index contributed by atoms with van der Waals surface area (Å²) in [7, 11) is 3.02. The first-order valence-electron chi connectivity index (χ1n) is 4.58. The third-order valence-corrected chi connectivity index (χ3v) is 2.21. The molecule has 0 spiro atoms. The van der Waals surface area contributed by atoms with E-state index in [1.54, 1.807) is 12.1 Å². The van der Waals surface area contributed by atoms with Gasteiger partial charge < -0.3 is 15.2 Å². The molecule has 3 N–H and O–H groups in total. The molecule has 2 amide bonds. The van der Waals surface area contributed by atoms with Crippen molar-refractivity contribution in [3.63, 3.8) is 0 Å². The van der Waals surface area contributed by atoms with E-state index in [0.29, 0.717) is 22.1 Å². The van der Waals surface area contributed by atoms with Gasteiger partial charge in [0.15, 0.2) is 11.5 Å². The van der Waals surface area contributed by atoms with Crippen molar-refractivity contribution in [1.82, 2.24) is 5.43 Å². The normalized spacial score (nSPS) is 10.3. The minimum Gasteiger partial charge on any atom is -0.493 e. The number of carbonyl (C=O) groups is 1. The van der Waals surface area contributed by atoms with Gasteiger partial charge in [-0.3, -0.25) is 0 Å². The molecule has 1 rings (SSSR count). The van der Waals surface area contributed by atoms with Crippen molar-refractivity contribution in [3.05, 3.63) is 22.7 Å². The fourth-order valence-corrected chi connectivity index (χ4v) is 1.34. The van der Waals surface area contributed by atoms with E-state index in [1.807, 2.05) is 0 Å². The SMILES string of the molecule is COc1cc(Cl)c(/C=N/NC(N)=O)cc1OC. The van der Waals surface area contributed by atoms with Crippen molar-refractivity contribution in [1.29, 1.82) is 0 Å². The number of ether oxygens (including phenoxy) is 2. The van der Waals surface area contributed by atoms with Gasteiger partial charge in [-0.05, 0) is 6.07 Å². The summed E-state index contributed by atoms with van der Waals surface area (Å²) >= 11 is 5.98. The fourth-order valence-electron chi connectivity index (χ4n) is 1.13. The minimum absolute atomic E-state index is 0.415. The summed E-state index contributed by atoms with van der Waals surface area (Å²) in [6, 6.07) is 2.47. The number of hydrazone groups is 1. The molecule has 0 saturated heterocycles. The average Bonchev–Trinajstić information content (AvgIpc) is 2.30. The van der Waals surface area contributed by atoms with Crippen LogP contribution in [-0.2, 0) is 0 Å². The lowest BCUT2D eigenvalue weighted by Crippen LogP contribution is -2.24. The molecule has 0 atom stereocenters. The van der Waals surface area contributed by atoms with E-state index in [0.717, 1.165) is 0 Å². The zero-order chi connectivity index (χ0) is 12.8. The van der Waals surface area contributed by atoms with Crippen LogP contribution in [0.5, 0.6) is 11.5 Å². The van der Waals surface area contributed by atoms with Crippen LogP contribution in [0.4, 0.5) is 4.79 Å². The second-order valence-electron chi connectivity index (χ2n) is 2.96. The number of nitrogens with two attached hydrogens (primary N) is 1. The van der Waals surface area contributed by atoms with Crippen LogP contribution < -0.4 is 20.6 Å². The van der Waals surface area contributed by atoms with Gasteiger partial charge >= 0.3 is 6.03 Å². The first kappa shape index (κ1) is 13.1. The Labute approximate surface area is 103 Å². The first-order valence-corrected chi connectivity index (χ1v) is 4.96.